The molecule has 1 N–H and O–H groups in total. The van der Waals surface area contributed by atoms with Crippen molar-refractivity contribution in [1.82, 2.24) is 10.2 Å². The Morgan fingerprint density at radius 3 is 2.32 bits per heavy atom. The van der Waals surface area contributed by atoms with E-state index in [2.05, 4.69) is 17.1 Å². The first-order chi connectivity index (χ1) is 9.34. The van der Waals surface area contributed by atoms with Crippen LogP contribution >= 0.6 is 0 Å². The number of nitrogens with zero attached hydrogens (tertiary/aromatic N) is 1. The van der Waals surface area contributed by atoms with Gasteiger partial charge in [0.05, 0.1) is 0 Å². The first-order valence-corrected chi connectivity index (χ1v) is 8.79. The minimum absolute atomic E-state index is 0.771. The van der Waals surface area contributed by atoms with E-state index in [0.29, 0.717) is 0 Å². The zero-order chi connectivity index (χ0) is 13.1. The maximum absolute atomic E-state index is 3.53. The summed E-state index contributed by atoms with van der Waals surface area (Å²) in [4.78, 5) is 2.87. The average Bonchev–Trinajstić information content (AvgIpc) is 2.46. The van der Waals surface area contributed by atoms with E-state index in [0.717, 1.165) is 23.9 Å². The highest BCUT2D eigenvalue weighted by molar-refractivity contribution is 5.03. The lowest BCUT2D eigenvalue weighted by molar-refractivity contribution is -0.0641. The van der Waals surface area contributed by atoms with Gasteiger partial charge in [0.1, 0.15) is 0 Å². The number of rotatable bonds is 4. The van der Waals surface area contributed by atoms with E-state index in [1.165, 1.54) is 77.4 Å². The van der Waals surface area contributed by atoms with Gasteiger partial charge in [0, 0.05) is 6.04 Å². The molecule has 2 saturated carbocycles. The summed E-state index contributed by atoms with van der Waals surface area (Å²) in [5, 5.41) is 3.53. The van der Waals surface area contributed by atoms with Gasteiger partial charge in [-0.3, -0.25) is 4.90 Å². The monoisotopic (exact) mass is 264 g/mol. The molecule has 1 heterocycles. The molecule has 110 valence electrons. The minimum Gasteiger partial charge on any atom is -0.317 e. The van der Waals surface area contributed by atoms with Crippen LogP contribution in [0.3, 0.4) is 0 Å². The molecule has 2 aliphatic carbocycles. The Kier molecular flexibility index (Phi) is 4.48. The molecule has 19 heavy (non-hydrogen) atoms. The quantitative estimate of drug-likeness (QED) is 0.837. The van der Waals surface area contributed by atoms with E-state index in [1.54, 1.807) is 0 Å². The summed E-state index contributed by atoms with van der Waals surface area (Å²) in [5.41, 5.74) is 0.771. The number of hydrogen-bond donors (Lipinski definition) is 1. The van der Waals surface area contributed by atoms with Crippen LogP contribution in [0, 0.1) is 11.3 Å². The summed E-state index contributed by atoms with van der Waals surface area (Å²) >= 11 is 0. The Bertz CT molecular complexity index is 275. The number of piperidine rings is 1. The molecule has 1 unspecified atom stereocenters. The van der Waals surface area contributed by atoms with Crippen LogP contribution in [0.15, 0.2) is 0 Å². The van der Waals surface area contributed by atoms with Gasteiger partial charge in [0.25, 0.3) is 0 Å². The smallest absolute Gasteiger partial charge is 0.0152 e. The number of nitrogens with one attached hydrogen (secondary N) is 1. The second-order valence-corrected chi connectivity index (χ2v) is 7.26. The van der Waals surface area contributed by atoms with Crippen molar-refractivity contribution in [2.24, 2.45) is 11.3 Å². The molecular formula is C17H32N2. The molecule has 1 aliphatic heterocycles. The van der Waals surface area contributed by atoms with Crippen molar-refractivity contribution in [1.29, 1.82) is 0 Å². The summed E-state index contributed by atoms with van der Waals surface area (Å²) in [6, 6.07) is 0.966. The fourth-order valence-corrected chi connectivity index (χ4v) is 4.91. The highest BCUT2D eigenvalue weighted by Crippen LogP contribution is 2.54. The third-order valence-corrected chi connectivity index (χ3v) is 6.24. The predicted octanol–water partition coefficient (Wildman–Crippen LogP) is 3.42. The minimum atomic E-state index is 0.771. The molecule has 3 rings (SSSR count). The molecule has 1 atom stereocenters. The molecule has 3 fully saturated rings. The van der Waals surface area contributed by atoms with E-state index < -0.39 is 0 Å². The molecule has 0 aromatic rings. The summed E-state index contributed by atoms with van der Waals surface area (Å²) in [6.45, 7) is 7.35. The van der Waals surface area contributed by atoms with Crippen molar-refractivity contribution in [3.05, 3.63) is 0 Å². The van der Waals surface area contributed by atoms with Crippen molar-refractivity contribution in [3.63, 3.8) is 0 Å². The van der Waals surface area contributed by atoms with Gasteiger partial charge in [-0.15, -0.1) is 0 Å². The zero-order valence-electron chi connectivity index (χ0n) is 12.8. The Balaban J connectivity index is 1.48. The third-order valence-electron chi connectivity index (χ3n) is 6.24. The van der Waals surface area contributed by atoms with Crippen LogP contribution in [0.1, 0.15) is 64.7 Å². The second kappa shape index (κ2) is 6.13. The van der Waals surface area contributed by atoms with Crippen LogP contribution in [0.5, 0.6) is 0 Å². The molecule has 0 amide bonds. The number of hydrogen-bond acceptors (Lipinski definition) is 2. The van der Waals surface area contributed by atoms with Crippen molar-refractivity contribution in [2.75, 3.05) is 26.2 Å². The van der Waals surface area contributed by atoms with E-state index in [1.807, 2.05) is 0 Å². The largest absolute Gasteiger partial charge is 0.317 e. The van der Waals surface area contributed by atoms with Gasteiger partial charge in [-0.1, -0.05) is 26.2 Å². The van der Waals surface area contributed by atoms with Crippen molar-refractivity contribution >= 4 is 0 Å². The SMILES string of the molecule is CCNCC1CCN(C2CCC23CCCCC3)CC1. The summed E-state index contributed by atoms with van der Waals surface area (Å²) < 4.78 is 0. The second-order valence-electron chi connectivity index (χ2n) is 7.26. The number of likely N-dealkylation sites (tertiary alicyclic amines) is 1. The molecule has 0 radical (unpaired) electrons. The van der Waals surface area contributed by atoms with Gasteiger partial charge in [0.2, 0.25) is 0 Å². The Labute approximate surface area is 119 Å². The van der Waals surface area contributed by atoms with E-state index in [-0.39, 0.29) is 0 Å². The molecule has 3 aliphatic rings. The lowest BCUT2D eigenvalue weighted by atomic mass is 9.56. The molecule has 2 nitrogen and oxygen atoms in total. The standard InChI is InChI=1S/C17H32N2/c1-2-18-14-15-7-12-19(13-8-15)16-6-11-17(16)9-4-3-5-10-17/h15-16,18H,2-14H2,1H3. The predicted molar refractivity (Wildman–Crippen MR) is 81.4 cm³/mol. The lowest BCUT2D eigenvalue weighted by Gasteiger charge is -2.57. The van der Waals surface area contributed by atoms with Crippen LogP contribution in [0.25, 0.3) is 0 Å². The molecule has 1 spiro atoms. The molecule has 0 bridgehead atoms. The van der Waals surface area contributed by atoms with Crippen LogP contribution in [0.4, 0.5) is 0 Å². The van der Waals surface area contributed by atoms with Gasteiger partial charge in [0.15, 0.2) is 0 Å². The molecular weight excluding hydrogens is 232 g/mol. The van der Waals surface area contributed by atoms with Crippen LogP contribution < -0.4 is 5.32 Å². The van der Waals surface area contributed by atoms with Gasteiger partial charge >= 0.3 is 0 Å². The maximum atomic E-state index is 3.53. The Morgan fingerprint density at radius 2 is 1.74 bits per heavy atom. The summed E-state index contributed by atoms with van der Waals surface area (Å²) in [6.07, 6.45) is 13.5. The molecule has 2 heteroatoms. The van der Waals surface area contributed by atoms with Gasteiger partial charge in [-0.05, 0) is 76.0 Å². The van der Waals surface area contributed by atoms with E-state index >= 15 is 0 Å². The van der Waals surface area contributed by atoms with Gasteiger partial charge in [-0.25, -0.2) is 0 Å². The first-order valence-electron chi connectivity index (χ1n) is 8.79. The topological polar surface area (TPSA) is 15.3 Å². The van der Waals surface area contributed by atoms with Crippen molar-refractivity contribution < 1.29 is 0 Å². The molecule has 0 aromatic heterocycles. The summed E-state index contributed by atoms with van der Waals surface area (Å²) in [5.74, 6) is 0.943. The van der Waals surface area contributed by atoms with E-state index in [4.69, 9.17) is 0 Å². The van der Waals surface area contributed by atoms with Crippen LogP contribution in [0.2, 0.25) is 0 Å². The third kappa shape index (κ3) is 2.85. The van der Waals surface area contributed by atoms with Crippen molar-refractivity contribution in [3.8, 4) is 0 Å². The fourth-order valence-electron chi connectivity index (χ4n) is 4.91. The molecule has 1 saturated heterocycles. The van der Waals surface area contributed by atoms with Crippen LogP contribution in [-0.4, -0.2) is 37.1 Å². The summed E-state index contributed by atoms with van der Waals surface area (Å²) in [7, 11) is 0. The van der Waals surface area contributed by atoms with Gasteiger partial charge in [-0.2, -0.15) is 0 Å². The Morgan fingerprint density at radius 1 is 1.00 bits per heavy atom. The highest BCUT2D eigenvalue weighted by atomic mass is 15.2. The highest BCUT2D eigenvalue weighted by Gasteiger charge is 2.49. The Hall–Kier alpha value is -0.0800. The lowest BCUT2D eigenvalue weighted by Crippen LogP contribution is -2.58. The maximum Gasteiger partial charge on any atom is 0.0152 e. The fraction of sp³-hybridized carbons (Fsp3) is 1.00. The van der Waals surface area contributed by atoms with Gasteiger partial charge < -0.3 is 5.32 Å². The molecule has 0 aromatic carbocycles. The van der Waals surface area contributed by atoms with Crippen LogP contribution in [-0.2, 0) is 0 Å². The zero-order valence-corrected chi connectivity index (χ0v) is 12.8. The average molecular weight is 264 g/mol. The van der Waals surface area contributed by atoms with Crippen molar-refractivity contribution in [2.45, 2.75) is 70.8 Å². The van der Waals surface area contributed by atoms with E-state index in [9.17, 15) is 0 Å². The first kappa shape index (κ1) is 13.9. The normalized spacial score (nSPS) is 32.4.